The van der Waals surface area contributed by atoms with Gasteiger partial charge in [-0.2, -0.15) is 0 Å². The summed E-state index contributed by atoms with van der Waals surface area (Å²) in [5.74, 6) is 8.42. The molecule has 0 spiro atoms. The predicted octanol–water partition coefficient (Wildman–Crippen LogP) is 5.74. The van der Waals surface area contributed by atoms with Gasteiger partial charge in [0.05, 0.1) is 11.1 Å². The van der Waals surface area contributed by atoms with Gasteiger partial charge in [-0.15, -0.1) is 0 Å². The van der Waals surface area contributed by atoms with Gasteiger partial charge in [0, 0.05) is 23.6 Å². The first-order chi connectivity index (χ1) is 16.3. The average Bonchev–Trinajstić information content (AvgIpc) is 2.80. The van der Waals surface area contributed by atoms with Crippen LogP contribution in [0.3, 0.4) is 0 Å². The number of rotatable bonds is 5. The molecule has 0 aliphatic carbocycles. The lowest BCUT2D eigenvalue weighted by Gasteiger charge is -2.18. The molecule has 2 N–H and O–H groups in total. The van der Waals surface area contributed by atoms with Crippen molar-refractivity contribution in [1.29, 1.82) is 0 Å². The molecule has 0 fully saturated rings. The number of fused-ring (bicyclic) bond motifs is 1. The number of aromatic nitrogens is 2. The molecule has 0 aliphatic heterocycles. The summed E-state index contributed by atoms with van der Waals surface area (Å²) >= 11 is 0. The van der Waals surface area contributed by atoms with Crippen molar-refractivity contribution in [3.63, 3.8) is 0 Å². The normalized spacial score (nSPS) is 10.8. The zero-order valence-corrected chi connectivity index (χ0v) is 19.6. The van der Waals surface area contributed by atoms with E-state index in [9.17, 15) is 4.79 Å². The Hall–Kier alpha value is -4.37. The minimum atomic E-state index is -0.629. The Labute approximate surface area is 199 Å². The SMILES string of the molecule is CC(=O)NC(C)(C)C#Cc1ccc2ncnc(Nc3ccc(Oc4ccccc4)c(C)c3)c2c1. The lowest BCUT2D eigenvalue weighted by molar-refractivity contribution is -0.119. The Morgan fingerprint density at radius 3 is 2.53 bits per heavy atom. The van der Waals surface area contributed by atoms with E-state index in [2.05, 4.69) is 32.4 Å². The smallest absolute Gasteiger partial charge is 0.218 e. The molecule has 0 unspecified atom stereocenters. The van der Waals surface area contributed by atoms with Crippen LogP contribution in [0.25, 0.3) is 10.9 Å². The molecule has 6 heteroatoms. The summed E-state index contributed by atoms with van der Waals surface area (Å²) in [7, 11) is 0. The molecule has 4 aromatic rings. The second kappa shape index (κ2) is 9.63. The molecule has 0 atom stereocenters. The standard InChI is InChI=1S/C28H26N4O2/c1-19-16-22(11-13-26(19)34-23-8-6-5-7-9-23)31-27-24-17-21(10-12-25(24)29-18-30-27)14-15-28(3,4)32-20(2)33/h5-13,16-18H,1-4H3,(H,32,33)(H,29,30,31). The highest BCUT2D eigenvalue weighted by Gasteiger charge is 2.14. The van der Waals surface area contributed by atoms with Gasteiger partial charge in [0.2, 0.25) is 5.91 Å². The van der Waals surface area contributed by atoms with E-state index in [1.165, 1.54) is 13.3 Å². The molecule has 0 aliphatic rings. The average molecular weight is 451 g/mol. The first kappa shape index (κ1) is 22.8. The van der Waals surface area contributed by atoms with Crippen LogP contribution in [0.15, 0.2) is 73.1 Å². The molecule has 0 radical (unpaired) electrons. The number of ether oxygens (including phenoxy) is 1. The van der Waals surface area contributed by atoms with Crippen LogP contribution in [0.1, 0.15) is 31.9 Å². The van der Waals surface area contributed by atoms with Gasteiger partial charge in [0.15, 0.2) is 0 Å². The van der Waals surface area contributed by atoms with Crippen molar-refractivity contribution >= 4 is 28.3 Å². The Kier molecular flexibility index (Phi) is 6.46. The maximum Gasteiger partial charge on any atom is 0.218 e. The van der Waals surface area contributed by atoms with Crippen LogP contribution < -0.4 is 15.4 Å². The molecule has 1 aromatic heterocycles. The molecule has 3 aromatic carbocycles. The number of carbonyl (C=O) groups excluding carboxylic acids is 1. The largest absolute Gasteiger partial charge is 0.457 e. The number of nitrogens with one attached hydrogen (secondary N) is 2. The predicted molar refractivity (Wildman–Crippen MR) is 135 cm³/mol. The van der Waals surface area contributed by atoms with E-state index in [4.69, 9.17) is 4.74 Å². The van der Waals surface area contributed by atoms with Crippen molar-refractivity contribution in [2.75, 3.05) is 5.32 Å². The van der Waals surface area contributed by atoms with Crippen LogP contribution in [0.2, 0.25) is 0 Å². The van der Waals surface area contributed by atoms with Crippen LogP contribution >= 0.6 is 0 Å². The Morgan fingerprint density at radius 2 is 1.79 bits per heavy atom. The molecule has 1 heterocycles. The summed E-state index contributed by atoms with van der Waals surface area (Å²) in [5.41, 5.74) is 2.88. The van der Waals surface area contributed by atoms with E-state index in [0.717, 1.165) is 39.2 Å². The van der Waals surface area contributed by atoms with Crippen LogP contribution in [0.4, 0.5) is 11.5 Å². The second-order valence-corrected chi connectivity index (χ2v) is 8.53. The maximum atomic E-state index is 11.4. The van der Waals surface area contributed by atoms with Gasteiger partial charge in [0.25, 0.3) is 0 Å². The van der Waals surface area contributed by atoms with Gasteiger partial charge in [-0.3, -0.25) is 4.79 Å². The van der Waals surface area contributed by atoms with E-state index in [0.29, 0.717) is 5.82 Å². The van der Waals surface area contributed by atoms with Crippen molar-refractivity contribution in [3.8, 4) is 23.3 Å². The summed E-state index contributed by atoms with van der Waals surface area (Å²) in [6, 6.07) is 21.4. The minimum absolute atomic E-state index is 0.117. The van der Waals surface area contributed by atoms with E-state index >= 15 is 0 Å². The second-order valence-electron chi connectivity index (χ2n) is 8.53. The fraction of sp³-hybridized carbons (Fsp3) is 0.179. The minimum Gasteiger partial charge on any atom is -0.457 e. The highest BCUT2D eigenvalue weighted by Crippen LogP contribution is 2.30. The zero-order valence-electron chi connectivity index (χ0n) is 19.6. The first-order valence-electron chi connectivity index (χ1n) is 11.0. The molecule has 170 valence electrons. The van der Waals surface area contributed by atoms with Gasteiger partial charge in [-0.1, -0.05) is 30.0 Å². The molecule has 0 bridgehead atoms. The van der Waals surface area contributed by atoms with Crippen molar-refractivity contribution in [3.05, 3.63) is 84.2 Å². The molecule has 0 saturated carbocycles. The van der Waals surface area contributed by atoms with Crippen molar-refractivity contribution < 1.29 is 9.53 Å². The van der Waals surface area contributed by atoms with Gasteiger partial charge in [0.1, 0.15) is 23.6 Å². The van der Waals surface area contributed by atoms with Crippen LogP contribution in [0.5, 0.6) is 11.5 Å². The third kappa shape index (κ3) is 5.70. The molecule has 6 nitrogen and oxygen atoms in total. The topological polar surface area (TPSA) is 76.1 Å². The summed E-state index contributed by atoms with van der Waals surface area (Å²) < 4.78 is 5.98. The van der Waals surface area contributed by atoms with E-state index in [1.807, 2.05) is 87.5 Å². The lowest BCUT2D eigenvalue weighted by Crippen LogP contribution is -2.40. The van der Waals surface area contributed by atoms with E-state index in [-0.39, 0.29) is 5.91 Å². The number of anilines is 2. The monoisotopic (exact) mass is 450 g/mol. The van der Waals surface area contributed by atoms with Crippen LogP contribution in [-0.2, 0) is 4.79 Å². The number of nitrogens with zero attached hydrogens (tertiary/aromatic N) is 2. The Balaban J connectivity index is 1.59. The Morgan fingerprint density at radius 1 is 1.00 bits per heavy atom. The fourth-order valence-corrected chi connectivity index (χ4v) is 3.53. The quantitative estimate of drug-likeness (QED) is 0.379. The van der Waals surface area contributed by atoms with Gasteiger partial charge in [-0.25, -0.2) is 9.97 Å². The summed E-state index contributed by atoms with van der Waals surface area (Å²) in [5, 5.41) is 7.08. The number of aryl methyl sites for hydroxylation is 1. The number of hydrogen-bond acceptors (Lipinski definition) is 5. The van der Waals surface area contributed by atoms with Crippen LogP contribution in [-0.4, -0.2) is 21.4 Å². The van der Waals surface area contributed by atoms with Gasteiger partial charge >= 0.3 is 0 Å². The molecule has 0 saturated heterocycles. The lowest BCUT2D eigenvalue weighted by atomic mass is 10.0. The van der Waals surface area contributed by atoms with Crippen LogP contribution in [0, 0.1) is 18.8 Å². The summed E-state index contributed by atoms with van der Waals surface area (Å²) in [6.07, 6.45) is 1.54. The van der Waals surface area contributed by atoms with E-state index < -0.39 is 5.54 Å². The third-order valence-electron chi connectivity index (χ3n) is 5.05. The number of benzene rings is 3. The van der Waals surface area contributed by atoms with E-state index in [1.54, 1.807) is 0 Å². The van der Waals surface area contributed by atoms with Gasteiger partial charge < -0.3 is 15.4 Å². The Bertz CT molecular complexity index is 1400. The van der Waals surface area contributed by atoms with Crippen molar-refractivity contribution in [1.82, 2.24) is 15.3 Å². The van der Waals surface area contributed by atoms with Crippen molar-refractivity contribution in [2.24, 2.45) is 0 Å². The number of para-hydroxylation sites is 1. The number of hydrogen-bond donors (Lipinski definition) is 2. The molecule has 4 rings (SSSR count). The number of carbonyl (C=O) groups is 1. The summed E-state index contributed by atoms with van der Waals surface area (Å²) in [6.45, 7) is 7.22. The maximum absolute atomic E-state index is 11.4. The third-order valence-corrected chi connectivity index (χ3v) is 5.05. The molecular weight excluding hydrogens is 424 g/mol. The fourth-order valence-electron chi connectivity index (χ4n) is 3.53. The molecular formula is C28H26N4O2. The highest BCUT2D eigenvalue weighted by molar-refractivity contribution is 5.91. The van der Waals surface area contributed by atoms with Crippen molar-refractivity contribution in [2.45, 2.75) is 33.2 Å². The molecule has 1 amide bonds. The zero-order chi connectivity index (χ0) is 24.1. The molecule has 34 heavy (non-hydrogen) atoms. The van der Waals surface area contributed by atoms with Gasteiger partial charge in [-0.05, 0) is 74.9 Å². The highest BCUT2D eigenvalue weighted by atomic mass is 16.5. The summed E-state index contributed by atoms with van der Waals surface area (Å²) in [4.78, 5) is 20.2. The first-order valence-corrected chi connectivity index (χ1v) is 11.0. The number of amides is 1.